The van der Waals surface area contributed by atoms with Gasteiger partial charge < -0.3 is 15.7 Å². The van der Waals surface area contributed by atoms with E-state index in [-0.39, 0.29) is 6.61 Å². The largest absolute Gasteiger partial charge is 0.395 e. The van der Waals surface area contributed by atoms with Gasteiger partial charge in [0.15, 0.2) is 0 Å². The van der Waals surface area contributed by atoms with Crippen molar-refractivity contribution in [3.63, 3.8) is 0 Å². The zero-order chi connectivity index (χ0) is 10.9. The van der Waals surface area contributed by atoms with Gasteiger partial charge in [-0.15, -0.1) is 0 Å². The van der Waals surface area contributed by atoms with Crippen molar-refractivity contribution in [2.75, 3.05) is 26.2 Å². The van der Waals surface area contributed by atoms with Crippen molar-refractivity contribution in [2.45, 2.75) is 6.54 Å². The summed E-state index contributed by atoms with van der Waals surface area (Å²) in [5, 5.41) is 15.7. The van der Waals surface area contributed by atoms with E-state index in [2.05, 4.69) is 10.6 Å². The Kier molecular flexibility index (Phi) is 6.36. The van der Waals surface area contributed by atoms with Gasteiger partial charge in [-0.05, 0) is 11.6 Å². The summed E-state index contributed by atoms with van der Waals surface area (Å²) >= 11 is 6.00. The number of hydrogen-bond donors (Lipinski definition) is 3. The molecule has 1 aromatic carbocycles. The molecule has 0 atom stereocenters. The maximum absolute atomic E-state index is 8.54. The number of rotatable bonds is 7. The molecule has 0 spiro atoms. The molecule has 0 heterocycles. The smallest absolute Gasteiger partial charge is 0.0555 e. The van der Waals surface area contributed by atoms with Crippen molar-refractivity contribution in [1.82, 2.24) is 10.6 Å². The number of benzene rings is 1. The molecule has 0 radical (unpaired) electrons. The molecule has 0 aromatic heterocycles. The van der Waals surface area contributed by atoms with Crippen LogP contribution in [-0.2, 0) is 6.54 Å². The van der Waals surface area contributed by atoms with Gasteiger partial charge in [0, 0.05) is 31.2 Å². The summed E-state index contributed by atoms with van der Waals surface area (Å²) in [6.45, 7) is 3.33. The van der Waals surface area contributed by atoms with Crippen molar-refractivity contribution in [3.8, 4) is 0 Å². The third kappa shape index (κ3) is 5.14. The van der Waals surface area contributed by atoms with Crippen LogP contribution in [0.4, 0.5) is 0 Å². The highest BCUT2D eigenvalue weighted by molar-refractivity contribution is 6.31. The number of aliphatic hydroxyl groups excluding tert-OH is 1. The fourth-order valence-electron chi connectivity index (χ4n) is 1.25. The zero-order valence-corrected chi connectivity index (χ0v) is 9.43. The van der Waals surface area contributed by atoms with E-state index in [1.54, 1.807) is 0 Å². The van der Waals surface area contributed by atoms with E-state index in [4.69, 9.17) is 16.7 Å². The third-order valence-electron chi connectivity index (χ3n) is 2.04. The third-order valence-corrected chi connectivity index (χ3v) is 2.41. The quantitative estimate of drug-likeness (QED) is 0.611. The SMILES string of the molecule is OCCNCCNCc1ccccc1Cl. The molecule has 0 bridgehead atoms. The highest BCUT2D eigenvalue weighted by Crippen LogP contribution is 2.13. The number of aliphatic hydroxyl groups is 1. The van der Waals surface area contributed by atoms with E-state index in [9.17, 15) is 0 Å². The average Bonchev–Trinajstić information content (AvgIpc) is 2.25. The fourth-order valence-corrected chi connectivity index (χ4v) is 1.45. The van der Waals surface area contributed by atoms with Crippen LogP contribution in [0.2, 0.25) is 5.02 Å². The van der Waals surface area contributed by atoms with Gasteiger partial charge in [-0.25, -0.2) is 0 Å². The zero-order valence-electron chi connectivity index (χ0n) is 8.67. The molecule has 3 nitrogen and oxygen atoms in total. The van der Waals surface area contributed by atoms with Crippen molar-refractivity contribution in [3.05, 3.63) is 34.9 Å². The van der Waals surface area contributed by atoms with Gasteiger partial charge in [0.25, 0.3) is 0 Å². The summed E-state index contributed by atoms with van der Waals surface area (Å²) in [5.74, 6) is 0. The molecule has 15 heavy (non-hydrogen) atoms. The lowest BCUT2D eigenvalue weighted by atomic mass is 10.2. The van der Waals surface area contributed by atoms with Gasteiger partial charge in [-0.2, -0.15) is 0 Å². The van der Waals surface area contributed by atoms with Crippen molar-refractivity contribution >= 4 is 11.6 Å². The first-order valence-electron chi connectivity index (χ1n) is 5.10. The van der Waals surface area contributed by atoms with E-state index < -0.39 is 0 Å². The average molecular weight is 229 g/mol. The summed E-state index contributed by atoms with van der Waals surface area (Å²) in [6.07, 6.45) is 0. The van der Waals surface area contributed by atoms with E-state index in [1.807, 2.05) is 24.3 Å². The lowest BCUT2D eigenvalue weighted by Gasteiger charge is -2.06. The second-order valence-corrected chi connectivity index (χ2v) is 3.65. The number of halogens is 1. The Morgan fingerprint density at radius 2 is 1.80 bits per heavy atom. The Labute approximate surface area is 95.5 Å². The Bertz CT molecular complexity index is 281. The Morgan fingerprint density at radius 3 is 2.53 bits per heavy atom. The normalized spacial score (nSPS) is 10.5. The van der Waals surface area contributed by atoms with Crippen LogP contribution < -0.4 is 10.6 Å². The summed E-state index contributed by atoms with van der Waals surface area (Å²) < 4.78 is 0. The molecule has 3 N–H and O–H groups in total. The lowest BCUT2D eigenvalue weighted by molar-refractivity contribution is 0.292. The van der Waals surface area contributed by atoms with Crippen LogP contribution in [0.3, 0.4) is 0 Å². The molecular weight excluding hydrogens is 212 g/mol. The second-order valence-electron chi connectivity index (χ2n) is 3.24. The van der Waals surface area contributed by atoms with Crippen LogP contribution in [0.1, 0.15) is 5.56 Å². The van der Waals surface area contributed by atoms with Gasteiger partial charge in [-0.3, -0.25) is 0 Å². The van der Waals surface area contributed by atoms with Crippen LogP contribution in [0, 0.1) is 0 Å². The van der Waals surface area contributed by atoms with Crippen molar-refractivity contribution < 1.29 is 5.11 Å². The van der Waals surface area contributed by atoms with Gasteiger partial charge in [-0.1, -0.05) is 29.8 Å². The summed E-state index contributed by atoms with van der Waals surface area (Å²) in [5.41, 5.74) is 1.11. The molecule has 0 aliphatic carbocycles. The Hall–Kier alpha value is -0.610. The predicted octanol–water partition coefficient (Wildman–Crippen LogP) is 1.01. The predicted molar refractivity (Wildman–Crippen MR) is 63.1 cm³/mol. The molecule has 0 unspecified atom stereocenters. The molecule has 1 rings (SSSR count). The lowest BCUT2D eigenvalue weighted by Crippen LogP contribution is -2.28. The minimum atomic E-state index is 0.185. The summed E-state index contributed by atoms with van der Waals surface area (Å²) in [4.78, 5) is 0. The van der Waals surface area contributed by atoms with Crippen molar-refractivity contribution in [2.24, 2.45) is 0 Å². The Balaban J connectivity index is 2.12. The summed E-state index contributed by atoms with van der Waals surface area (Å²) in [7, 11) is 0. The van der Waals surface area contributed by atoms with Crippen LogP contribution in [0.5, 0.6) is 0 Å². The van der Waals surface area contributed by atoms with E-state index in [0.717, 1.165) is 30.2 Å². The number of hydrogen-bond acceptors (Lipinski definition) is 3. The second kappa shape index (κ2) is 7.65. The molecule has 0 aliphatic rings. The fraction of sp³-hybridized carbons (Fsp3) is 0.455. The molecule has 4 heteroatoms. The molecule has 1 aromatic rings. The molecular formula is C11H17ClN2O. The van der Waals surface area contributed by atoms with Crippen LogP contribution in [0.15, 0.2) is 24.3 Å². The molecule has 0 saturated carbocycles. The highest BCUT2D eigenvalue weighted by atomic mass is 35.5. The van der Waals surface area contributed by atoms with Crippen molar-refractivity contribution in [1.29, 1.82) is 0 Å². The molecule has 84 valence electrons. The topological polar surface area (TPSA) is 44.3 Å². The molecule has 0 fully saturated rings. The van der Waals surface area contributed by atoms with Crippen LogP contribution >= 0.6 is 11.6 Å². The Morgan fingerprint density at radius 1 is 1.07 bits per heavy atom. The minimum absolute atomic E-state index is 0.185. The van der Waals surface area contributed by atoms with Gasteiger partial charge >= 0.3 is 0 Å². The minimum Gasteiger partial charge on any atom is -0.395 e. The van der Waals surface area contributed by atoms with Crippen LogP contribution in [0.25, 0.3) is 0 Å². The van der Waals surface area contributed by atoms with E-state index >= 15 is 0 Å². The van der Waals surface area contributed by atoms with Crippen LogP contribution in [-0.4, -0.2) is 31.3 Å². The van der Waals surface area contributed by atoms with Gasteiger partial charge in [0.05, 0.1) is 6.61 Å². The van der Waals surface area contributed by atoms with Gasteiger partial charge in [0.2, 0.25) is 0 Å². The molecule has 0 saturated heterocycles. The first-order chi connectivity index (χ1) is 7.34. The monoisotopic (exact) mass is 228 g/mol. The standard InChI is InChI=1S/C11H17ClN2O/c12-11-4-2-1-3-10(11)9-14-6-5-13-7-8-15/h1-4,13-15H,5-9H2. The highest BCUT2D eigenvalue weighted by Gasteiger charge is 1.96. The van der Waals surface area contributed by atoms with Gasteiger partial charge in [0.1, 0.15) is 0 Å². The first-order valence-corrected chi connectivity index (χ1v) is 5.48. The summed E-state index contributed by atoms with van der Waals surface area (Å²) in [6, 6.07) is 7.81. The number of nitrogens with one attached hydrogen (secondary N) is 2. The molecule has 0 amide bonds. The molecule has 0 aliphatic heterocycles. The maximum Gasteiger partial charge on any atom is 0.0555 e. The van der Waals surface area contributed by atoms with E-state index in [1.165, 1.54) is 0 Å². The first kappa shape index (κ1) is 12.5. The maximum atomic E-state index is 8.54. The van der Waals surface area contributed by atoms with E-state index in [0.29, 0.717) is 6.54 Å².